The van der Waals surface area contributed by atoms with Crippen LogP contribution in [0.15, 0.2) is 24.3 Å². The van der Waals surface area contributed by atoms with Crippen molar-refractivity contribution >= 4 is 17.3 Å². The van der Waals surface area contributed by atoms with Crippen LogP contribution in [0.4, 0.5) is 11.4 Å². The predicted molar refractivity (Wildman–Crippen MR) is 86.4 cm³/mol. The smallest absolute Gasteiger partial charge is 0.225 e. The fourth-order valence-corrected chi connectivity index (χ4v) is 2.26. The summed E-state index contributed by atoms with van der Waals surface area (Å²) < 4.78 is 0. The van der Waals surface area contributed by atoms with E-state index in [1.54, 1.807) is 0 Å². The van der Waals surface area contributed by atoms with Crippen molar-refractivity contribution in [2.75, 3.05) is 29.9 Å². The summed E-state index contributed by atoms with van der Waals surface area (Å²) in [7, 11) is 0. The second-order valence-electron chi connectivity index (χ2n) is 4.93. The third-order valence-electron chi connectivity index (χ3n) is 3.32. The Morgan fingerprint density at radius 2 is 1.75 bits per heavy atom. The van der Waals surface area contributed by atoms with Crippen molar-refractivity contribution in [2.24, 2.45) is 0 Å². The van der Waals surface area contributed by atoms with Crippen LogP contribution in [0, 0.1) is 0 Å². The van der Waals surface area contributed by atoms with Crippen molar-refractivity contribution in [3.63, 3.8) is 0 Å². The third-order valence-corrected chi connectivity index (χ3v) is 3.32. The van der Waals surface area contributed by atoms with E-state index in [-0.39, 0.29) is 11.9 Å². The molecule has 0 fully saturated rings. The van der Waals surface area contributed by atoms with Crippen LogP contribution in [0.1, 0.15) is 34.1 Å². The molecule has 0 saturated heterocycles. The number of amides is 1. The molecule has 1 rings (SSSR count). The van der Waals surface area contributed by atoms with Crippen LogP contribution >= 0.6 is 0 Å². The van der Waals surface area contributed by atoms with Crippen molar-refractivity contribution in [1.29, 1.82) is 0 Å². The van der Waals surface area contributed by atoms with Gasteiger partial charge >= 0.3 is 0 Å². The lowest BCUT2D eigenvalue weighted by Crippen LogP contribution is -2.30. The summed E-state index contributed by atoms with van der Waals surface area (Å²) in [5, 5.41) is 6.17. The SMILES string of the molecule is CCNC(C)CC(=O)Nc1ccc(N(CC)CC)cc1. The average molecular weight is 277 g/mol. The maximum Gasteiger partial charge on any atom is 0.225 e. The number of rotatable bonds is 8. The van der Waals surface area contributed by atoms with Gasteiger partial charge in [0.2, 0.25) is 5.91 Å². The standard InChI is InChI=1S/C16H27N3O/c1-5-17-13(4)12-16(20)18-14-8-10-15(11-9-14)19(6-2)7-3/h8-11,13,17H,5-7,12H2,1-4H3,(H,18,20). The fraction of sp³-hybridized carbons (Fsp3) is 0.562. The molecule has 0 radical (unpaired) electrons. The van der Waals surface area contributed by atoms with Gasteiger partial charge in [-0.1, -0.05) is 6.92 Å². The first kappa shape index (κ1) is 16.5. The molecule has 0 heterocycles. The Kier molecular flexibility index (Phi) is 7.09. The minimum atomic E-state index is 0.0500. The second-order valence-corrected chi connectivity index (χ2v) is 4.93. The quantitative estimate of drug-likeness (QED) is 0.768. The lowest BCUT2D eigenvalue weighted by Gasteiger charge is -2.21. The van der Waals surface area contributed by atoms with Gasteiger partial charge in [0.15, 0.2) is 0 Å². The van der Waals surface area contributed by atoms with Crippen LogP contribution in [0.5, 0.6) is 0 Å². The Hall–Kier alpha value is -1.55. The molecule has 20 heavy (non-hydrogen) atoms. The Morgan fingerprint density at radius 1 is 1.15 bits per heavy atom. The third kappa shape index (κ3) is 5.21. The summed E-state index contributed by atoms with van der Waals surface area (Å²) in [6.45, 7) is 11.2. The van der Waals surface area contributed by atoms with Crippen molar-refractivity contribution in [1.82, 2.24) is 5.32 Å². The molecule has 1 aromatic rings. The zero-order chi connectivity index (χ0) is 15.0. The van der Waals surface area contributed by atoms with E-state index in [9.17, 15) is 4.79 Å². The highest BCUT2D eigenvalue weighted by molar-refractivity contribution is 5.91. The first-order chi connectivity index (χ1) is 9.60. The Bertz CT molecular complexity index is 399. The minimum Gasteiger partial charge on any atom is -0.372 e. The highest BCUT2D eigenvalue weighted by Gasteiger charge is 2.08. The van der Waals surface area contributed by atoms with Gasteiger partial charge in [-0.3, -0.25) is 4.79 Å². The number of hydrogen-bond donors (Lipinski definition) is 2. The Balaban J connectivity index is 2.54. The van der Waals surface area contributed by atoms with Crippen LogP contribution < -0.4 is 15.5 Å². The second kappa shape index (κ2) is 8.59. The molecule has 0 saturated carbocycles. The topological polar surface area (TPSA) is 44.4 Å². The fourth-order valence-electron chi connectivity index (χ4n) is 2.26. The molecule has 0 aliphatic carbocycles. The van der Waals surface area contributed by atoms with Gasteiger partial charge in [0, 0.05) is 36.9 Å². The molecule has 112 valence electrons. The molecule has 0 spiro atoms. The Morgan fingerprint density at radius 3 is 2.25 bits per heavy atom. The van der Waals surface area contributed by atoms with Gasteiger partial charge in [0.05, 0.1) is 0 Å². The number of nitrogens with one attached hydrogen (secondary N) is 2. The number of nitrogens with zero attached hydrogens (tertiary/aromatic N) is 1. The molecular formula is C16H27N3O. The Labute approximate surface area is 122 Å². The van der Waals surface area contributed by atoms with Gasteiger partial charge in [-0.2, -0.15) is 0 Å². The van der Waals surface area contributed by atoms with Crippen molar-refractivity contribution < 1.29 is 4.79 Å². The van der Waals surface area contributed by atoms with Crippen LogP contribution in [-0.4, -0.2) is 31.6 Å². The van der Waals surface area contributed by atoms with Crippen LogP contribution in [-0.2, 0) is 4.79 Å². The zero-order valence-corrected chi connectivity index (χ0v) is 13.1. The first-order valence-electron chi connectivity index (χ1n) is 7.48. The number of carbonyl (C=O) groups excluding carboxylic acids is 1. The van der Waals surface area contributed by atoms with Crippen molar-refractivity contribution in [2.45, 2.75) is 40.2 Å². The molecule has 2 N–H and O–H groups in total. The lowest BCUT2D eigenvalue weighted by molar-refractivity contribution is -0.116. The maximum absolute atomic E-state index is 11.9. The summed E-state index contributed by atoms with van der Waals surface area (Å²) in [6, 6.07) is 8.23. The average Bonchev–Trinajstić information content (AvgIpc) is 2.42. The molecule has 1 aromatic carbocycles. The minimum absolute atomic E-state index is 0.0500. The van der Waals surface area contributed by atoms with E-state index in [0.717, 1.165) is 25.3 Å². The number of benzene rings is 1. The summed E-state index contributed by atoms with van der Waals surface area (Å²) in [4.78, 5) is 14.1. The van der Waals surface area contributed by atoms with Crippen molar-refractivity contribution in [3.05, 3.63) is 24.3 Å². The van der Waals surface area contributed by atoms with Gasteiger partial charge in [-0.15, -0.1) is 0 Å². The summed E-state index contributed by atoms with van der Waals surface area (Å²) in [5.41, 5.74) is 2.05. The highest BCUT2D eigenvalue weighted by Crippen LogP contribution is 2.17. The van der Waals surface area contributed by atoms with E-state index < -0.39 is 0 Å². The lowest BCUT2D eigenvalue weighted by atomic mass is 10.2. The van der Waals surface area contributed by atoms with E-state index in [4.69, 9.17) is 0 Å². The molecule has 1 atom stereocenters. The summed E-state index contributed by atoms with van der Waals surface area (Å²) in [5.74, 6) is 0.0500. The highest BCUT2D eigenvalue weighted by atomic mass is 16.1. The van der Waals surface area contributed by atoms with Gasteiger partial charge in [0.25, 0.3) is 0 Å². The number of anilines is 2. The molecule has 4 nitrogen and oxygen atoms in total. The van der Waals surface area contributed by atoms with E-state index >= 15 is 0 Å². The number of carbonyl (C=O) groups is 1. The van der Waals surface area contributed by atoms with Gasteiger partial charge in [-0.25, -0.2) is 0 Å². The summed E-state index contributed by atoms with van der Waals surface area (Å²) >= 11 is 0. The van der Waals surface area contributed by atoms with Gasteiger partial charge < -0.3 is 15.5 Å². The maximum atomic E-state index is 11.9. The van der Waals surface area contributed by atoms with Gasteiger partial charge in [0.1, 0.15) is 0 Å². The van der Waals surface area contributed by atoms with Crippen molar-refractivity contribution in [3.8, 4) is 0 Å². The van der Waals surface area contributed by atoms with E-state index in [1.807, 2.05) is 26.0 Å². The van der Waals surface area contributed by atoms with Crippen LogP contribution in [0.2, 0.25) is 0 Å². The molecular weight excluding hydrogens is 250 g/mol. The molecule has 0 bridgehead atoms. The van der Waals surface area contributed by atoms with E-state index in [1.165, 1.54) is 5.69 Å². The largest absolute Gasteiger partial charge is 0.372 e. The van der Waals surface area contributed by atoms with E-state index in [2.05, 4.69) is 41.5 Å². The molecule has 1 unspecified atom stereocenters. The number of hydrogen-bond acceptors (Lipinski definition) is 3. The first-order valence-corrected chi connectivity index (χ1v) is 7.48. The predicted octanol–water partition coefficient (Wildman–Crippen LogP) is 2.86. The monoisotopic (exact) mass is 277 g/mol. The summed E-state index contributed by atoms with van der Waals surface area (Å²) in [6.07, 6.45) is 0.492. The molecule has 1 amide bonds. The van der Waals surface area contributed by atoms with E-state index in [0.29, 0.717) is 6.42 Å². The van der Waals surface area contributed by atoms with Gasteiger partial charge in [-0.05, 0) is 51.6 Å². The molecule has 4 heteroatoms. The van der Waals surface area contributed by atoms with Crippen LogP contribution in [0.25, 0.3) is 0 Å². The zero-order valence-electron chi connectivity index (χ0n) is 13.1. The molecule has 0 aliphatic heterocycles. The normalized spacial score (nSPS) is 12.0. The van der Waals surface area contributed by atoms with Crippen LogP contribution in [0.3, 0.4) is 0 Å². The molecule has 0 aromatic heterocycles. The molecule has 0 aliphatic rings.